The smallest absolute Gasteiger partial charge is 0.272 e. The Labute approximate surface area is 106 Å². The number of piperazine rings is 1. The van der Waals surface area contributed by atoms with E-state index in [9.17, 15) is 4.79 Å². The fraction of sp³-hybridized carbons (Fsp3) is 0.500. The van der Waals surface area contributed by atoms with Crippen LogP contribution in [0.15, 0.2) is 18.2 Å². The van der Waals surface area contributed by atoms with Crippen LogP contribution in [-0.4, -0.2) is 65.1 Å². The molecule has 2 rings (SSSR count). The van der Waals surface area contributed by atoms with E-state index in [0.29, 0.717) is 31.1 Å². The Morgan fingerprint density at radius 1 is 1.33 bits per heavy atom. The lowest BCUT2D eigenvalue weighted by atomic mass is 10.2. The van der Waals surface area contributed by atoms with Gasteiger partial charge in [-0.15, -0.1) is 0 Å². The standard InChI is InChI=1S/C12H18N4O2/c13-11-3-1-2-10(14-11)12(18)16-6-4-15(5-7-16)8-9-17/h1-3,17H,4-9H2,(H2,13,14). The van der Waals surface area contributed by atoms with E-state index in [1.54, 1.807) is 23.1 Å². The molecule has 1 aliphatic rings. The maximum Gasteiger partial charge on any atom is 0.272 e. The van der Waals surface area contributed by atoms with E-state index in [1.807, 2.05) is 0 Å². The highest BCUT2D eigenvalue weighted by Crippen LogP contribution is 2.08. The number of anilines is 1. The van der Waals surface area contributed by atoms with Crippen molar-refractivity contribution in [1.82, 2.24) is 14.8 Å². The van der Waals surface area contributed by atoms with Crippen molar-refractivity contribution < 1.29 is 9.90 Å². The average Bonchev–Trinajstić information content (AvgIpc) is 2.39. The summed E-state index contributed by atoms with van der Waals surface area (Å²) in [6.45, 7) is 3.72. The van der Waals surface area contributed by atoms with Gasteiger partial charge in [-0.1, -0.05) is 6.07 Å². The Hall–Kier alpha value is -1.66. The number of amides is 1. The second kappa shape index (κ2) is 5.79. The quantitative estimate of drug-likeness (QED) is 0.749. The van der Waals surface area contributed by atoms with Gasteiger partial charge in [-0.3, -0.25) is 9.69 Å². The van der Waals surface area contributed by atoms with Crippen molar-refractivity contribution in [3.05, 3.63) is 23.9 Å². The van der Waals surface area contributed by atoms with Crippen LogP contribution in [0, 0.1) is 0 Å². The fourth-order valence-corrected chi connectivity index (χ4v) is 2.05. The van der Waals surface area contributed by atoms with Crippen LogP contribution in [0.5, 0.6) is 0 Å². The van der Waals surface area contributed by atoms with E-state index in [4.69, 9.17) is 10.8 Å². The summed E-state index contributed by atoms with van der Waals surface area (Å²) in [6.07, 6.45) is 0. The fourth-order valence-electron chi connectivity index (χ4n) is 2.05. The Balaban J connectivity index is 1.95. The second-order valence-electron chi connectivity index (χ2n) is 4.31. The van der Waals surface area contributed by atoms with Gasteiger partial charge in [0.2, 0.25) is 0 Å². The first-order valence-electron chi connectivity index (χ1n) is 6.06. The van der Waals surface area contributed by atoms with Crippen LogP contribution in [0.1, 0.15) is 10.5 Å². The number of aromatic nitrogens is 1. The zero-order chi connectivity index (χ0) is 13.0. The van der Waals surface area contributed by atoms with Gasteiger partial charge in [-0.2, -0.15) is 0 Å². The molecule has 1 aliphatic heterocycles. The van der Waals surface area contributed by atoms with Crippen LogP contribution in [0.2, 0.25) is 0 Å². The molecule has 3 N–H and O–H groups in total. The van der Waals surface area contributed by atoms with Crippen molar-refractivity contribution in [2.75, 3.05) is 45.1 Å². The van der Waals surface area contributed by atoms with Crippen LogP contribution in [0.3, 0.4) is 0 Å². The molecule has 0 bridgehead atoms. The number of rotatable bonds is 3. The average molecular weight is 250 g/mol. The summed E-state index contributed by atoms with van der Waals surface area (Å²) in [5.74, 6) is 0.283. The highest BCUT2D eigenvalue weighted by atomic mass is 16.3. The second-order valence-corrected chi connectivity index (χ2v) is 4.31. The first-order chi connectivity index (χ1) is 8.70. The van der Waals surface area contributed by atoms with Crippen molar-refractivity contribution in [2.45, 2.75) is 0 Å². The summed E-state index contributed by atoms with van der Waals surface area (Å²) >= 11 is 0. The van der Waals surface area contributed by atoms with Gasteiger partial charge in [0.1, 0.15) is 11.5 Å². The van der Waals surface area contributed by atoms with Crippen LogP contribution in [-0.2, 0) is 0 Å². The Bertz CT molecular complexity index is 416. The molecule has 0 aliphatic carbocycles. The van der Waals surface area contributed by atoms with Crippen molar-refractivity contribution in [3.63, 3.8) is 0 Å². The normalized spacial score (nSPS) is 16.8. The zero-order valence-corrected chi connectivity index (χ0v) is 10.2. The summed E-state index contributed by atoms with van der Waals surface area (Å²) < 4.78 is 0. The van der Waals surface area contributed by atoms with E-state index in [-0.39, 0.29) is 12.5 Å². The number of pyridine rings is 1. The van der Waals surface area contributed by atoms with E-state index in [1.165, 1.54) is 0 Å². The van der Waals surface area contributed by atoms with Gasteiger partial charge in [-0.05, 0) is 12.1 Å². The van der Waals surface area contributed by atoms with Crippen molar-refractivity contribution >= 4 is 11.7 Å². The lowest BCUT2D eigenvalue weighted by molar-refractivity contribution is 0.0609. The molecule has 0 saturated carbocycles. The van der Waals surface area contributed by atoms with Gasteiger partial charge in [0, 0.05) is 32.7 Å². The van der Waals surface area contributed by atoms with Crippen molar-refractivity contribution in [1.29, 1.82) is 0 Å². The van der Waals surface area contributed by atoms with Gasteiger partial charge in [0.25, 0.3) is 5.91 Å². The molecule has 1 aromatic rings. The van der Waals surface area contributed by atoms with Gasteiger partial charge in [-0.25, -0.2) is 4.98 Å². The molecular formula is C12H18N4O2. The van der Waals surface area contributed by atoms with Gasteiger partial charge in [0.15, 0.2) is 0 Å². The first kappa shape index (κ1) is 12.8. The van der Waals surface area contributed by atoms with Crippen molar-refractivity contribution in [2.24, 2.45) is 0 Å². The number of β-amino-alcohol motifs (C(OH)–C–C–N with tert-alkyl or cyclic N) is 1. The number of nitrogens with two attached hydrogens (primary N) is 1. The number of hydrogen-bond acceptors (Lipinski definition) is 5. The van der Waals surface area contributed by atoms with Crippen LogP contribution in [0.4, 0.5) is 5.82 Å². The molecule has 0 atom stereocenters. The molecule has 98 valence electrons. The SMILES string of the molecule is Nc1cccc(C(=O)N2CCN(CCO)CC2)n1. The van der Waals surface area contributed by atoms with Crippen LogP contribution >= 0.6 is 0 Å². The molecular weight excluding hydrogens is 232 g/mol. The Morgan fingerprint density at radius 3 is 2.67 bits per heavy atom. The molecule has 2 heterocycles. The molecule has 0 unspecified atom stereocenters. The third-order valence-electron chi connectivity index (χ3n) is 3.07. The topological polar surface area (TPSA) is 82.7 Å². The minimum Gasteiger partial charge on any atom is -0.395 e. The van der Waals surface area contributed by atoms with Gasteiger partial charge in [0.05, 0.1) is 6.61 Å². The molecule has 1 amide bonds. The minimum absolute atomic E-state index is 0.0778. The molecule has 6 nitrogen and oxygen atoms in total. The maximum absolute atomic E-state index is 12.2. The molecule has 0 radical (unpaired) electrons. The van der Waals surface area contributed by atoms with Crippen LogP contribution in [0.25, 0.3) is 0 Å². The number of aliphatic hydroxyl groups excluding tert-OH is 1. The zero-order valence-electron chi connectivity index (χ0n) is 10.2. The van der Waals surface area contributed by atoms with Crippen LogP contribution < -0.4 is 5.73 Å². The highest BCUT2D eigenvalue weighted by molar-refractivity contribution is 5.92. The summed E-state index contributed by atoms with van der Waals surface area (Å²) in [4.78, 5) is 20.1. The third-order valence-corrected chi connectivity index (χ3v) is 3.07. The summed E-state index contributed by atoms with van der Waals surface area (Å²) in [5.41, 5.74) is 5.96. The maximum atomic E-state index is 12.2. The predicted octanol–water partition coefficient (Wildman–Crippen LogP) is -0.586. The van der Waals surface area contributed by atoms with Crippen molar-refractivity contribution in [3.8, 4) is 0 Å². The number of nitrogen functional groups attached to an aromatic ring is 1. The molecule has 1 fully saturated rings. The summed E-state index contributed by atoms with van der Waals surface area (Å²) in [5, 5.41) is 8.86. The van der Waals surface area contributed by atoms with E-state index < -0.39 is 0 Å². The van der Waals surface area contributed by atoms with Gasteiger partial charge >= 0.3 is 0 Å². The van der Waals surface area contributed by atoms with Gasteiger partial charge < -0.3 is 15.7 Å². The van der Waals surface area contributed by atoms with E-state index >= 15 is 0 Å². The molecule has 18 heavy (non-hydrogen) atoms. The van der Waals surface area contributed by atoms with E-state index in [0.717, 1.165) is 13.1 Å². The minimum atomic E-state index is -0.0778. The highest BCUT2D eigenvalue weighted by Gasteiger charge is 2.22. The lowest BCUT2D eigenvalue weighted by Crippen LogP contribution is -2.49. The third kappa shape index (κ3) is 2.96. The predicted molar refractivity (Wildman–Crippen MR) is 68.1 cm³/mol. The summed E-state index contributed by atoms with van der Waals surface area (Å²) in [7, 11) is 0. The largest absolute Gasteiger partial charge is 0.395 e. The molecule has 0 spiro atoms. The Kier molecular flexibility index (Phi) is 4.11. The molecule has 6 heteroatoms. The number of carbonyl (C=O) groups is 1. The lowest BCUT2D eigenvalue weighted by Gasteiger charge is -2.34. The summed E-state index contributed by atoms with van der Waals surface area (Å²) in [6, 6.07) is 5.08. The number of hydrogen-bond donors (Lipinski definition) is 2. The molecule has 1 aromatic heterocycles. The first-order valence-corrected chi connectivity index (χ1v) is 6.06. The van der Waals surface area contributed by atoms with E-state index in [2.05, 4.69) is 9.88 Å². The number of nitrogens with zero attached hydrogens (tertiary/aromatic N) is 3. The molecule has 0 aromatic carbocycles. The number of carbonyl (C=O) groups excluding carboxylic acids is 1. The monoisotopic (exact) mass is 250 g/mol. The molecule has 1 saturated heterocycles. The Morgan fingerprint density at radius 2 is 2.06 bits per heavy atom. The number of aliphatic hydroxyl groups is 1.